The van der Waals surface area contributed by atoms with Gasteiger partial charge in [0.1, 0.15) is 5.82 Å². The molecule has 1 atom stereocenters. The number of amides is 1. The van der Waals surface area contributed by atoms with Crippen molar-refractivity contribution in [2.45, 2.75) is 56.0 Å². The van der Waals surface area contributed by atoms with E-state index in [4.69, 9.17) is 0 Å². The molecular formula is C20H30FN3O3S. The van der Waals surface area contributed by atoms with Crippen LogP contribution in [0, 0.1) is 5.82 Å². The molecule has 28 heavy (non-hydrogen) atoms. The summed E-state index contributed by atoms with van der Waals surface area (Å²) in [6.45, 7) is 3.46. The van der Waals surface area contributed by atoms with E-state index < -0.39 is 15.8 Å². The number of piperazine rings is 1. The molecule has 1 saturated heterocycles. The van der Waals surface area contributed by atoms with Crippen molar-refractivity contribution in [1.29, 1.82) is 0 Å². The fourth-order valence-electron chi connectivity index (χ4n) is 4.21. The maximum atomic E-state index is 13.4. The van der Waals surface area contributed by atoms with E-state index in [9.17, 15) is 17.6 Å². The lowest BCUT2D eigenvalue weighted by atomic mass is 9.94. The molecule has 0 radical (unpaired) electrons. The van der Waals surface area contributed by atoms with Crippen molar-refractivity contribution in [1.82, 2.24) is 14.1 Å². The van der Waals surface area contributed by atoms with E-state index in [2.05, 4.69) is 0 Å². The van der Waals surface area contributed by atoms with Crippen molar-refractivity contribution in [2.24, 2.45) is 0 Å². The molecule has 0 spiro atoms. The molecule has 0 N–H and O–H groups in total. The summed E-state index contributed by atoms with van der Waals surface area (Å²) >= 11 is 0. The minimum Gasteiger partial charge on any atom is -0.341 e. The summed E-state index contributed by atoms with van der Waals surface area (Å²) < 4.78 is 40.3. The Morgan fingerprint density at radius 1 is 1.14 bits per heavy atom. The fourth-order valence-corrected chi connectivity index (χ4v) is 5.66. The van der Waals surface area contributed by atoms with Crippen LogP contribution in [-0.2, 0) is 14.8 Å². The fraction of sp³-hybridized carbons (Fsp3) is 0.650. The number of nitrogens with zero attached hydrogens (tertiary/aromatic N) is 3. The van der Waals surface area contributed by atoms with Gasteiger partial charge in [-0.25, -0.2) is 12.8 Å². The lowest BCUT2D eigenvalue weighted by molar-refractivity contribution is -0.138. The summed E-state index contributed by atoms with van der Waals surface area (Å²) in [4.78, 5) is 16.8. The molecule has 6 nitrogen and oxygen atoms in total. The van der Waals surface area contributed by atoms with Gasteiger partial charge >= 0.3 is 0 Å². The molecular weight excluding hydrogens is 381 g/mol. The van der Waals surface area contributed by atoms with Gasteiger partial charge in [-0.15, -0.1) is 0 Å². The lowest BCUT2D eigenvalue weighted by Crippen LogP contribution is -2.56. The summed E-state index contributed by atoms with van der Waals surface area (Å²) in [5.41, 5.74) is 0. The van der Waals surface area contributed by atoms with Gasteiger partial charge in [0.2, 0.25) is 15.9 Å². The number of hydrogen-bond acceptors (Lipinski definition) is 4. The number of likely N-dealkylation sites (N-methyl/N-ethyl adjacent to an activating group) is 1. The van der Waals surface area contributed by atoms with E-state index in [1.165, 1.54) is 41.8 Å². The molecule has 3 rings (SSSR count). The Morgan fingerprint density at radius 2 is 1.79 bits per heavy atom. The molecule has 1 unspecified atom stereocenters. The Bertz CT molecular complexity index is 788. The summed E-state index contributed by atoms with van der Waals surface area (Å²) in [5.74, 6) is -0.460. The highest BCUT2D eigenvalue weighted by Crippen LogP contribution is 2.23. The topological polar surface area (TPSA) is 60.9 Å². The maximum absolute atomic E-state index is 13.4. The van der Waals surface area contributed by atoms with E-state index in [-0.39, 0.29) is 16.8 Å². The first-order valence-electron chi connectivity index (χ1n) is 10.1. The van der Waals surface area contributed by atoms with E-state index in [1.54, 1.807) is 0 Å². The SMILES string of the molecule is CC(C(=O)N(C)C1CCCCC1)N1CCN(S(=O)(=O)c2cccc(F)c2)CC1. The van der Waals surface area contributed by atoms with Crippen molar-refractivity contribution in [3.05, 3.63) is 30.1 Å². The second-order valence-corrected chi connectivity index (χ2v) is 9.75. The lowest BCUT2D eigenvalue weighted by Gasteiger charge is -2.39. The Kier molecular flexibility index (Phi) is 6.73. The molecule has 8 heteroatoms. The van der Waals surface area contributed by atoms with Crippen molar-refractivity contribution < 1.29 is 17.6 Å². The second-order valence-electron chi connectivity index (χ2n) is 7.81. The van der Waals surface area contributed by atoms with Gasteiger partial charge in [0.15, 0.2) is 0 Å². The van der Waals surface area contributed by atoms with Crippen molar-refractivity contribution in [3.8, 4) is 0 Å². The highest BCUT2D eigenvalue weighted by molar-refractivity contribution is 7.89. The van der Waals surface area contributed by atoms with E-state index in [1.807, 2.05) is 23.8 Å². The highest BCUT2D eigenvalue weighted by atomic mass is 32.2. The van der Waals surface area contributed by atoms with Gasteiger partial charge in [0.25, 0.3) is 0 Å². The predicted octanol–water partition coefficient (Wildman–Crippen LogP) is 2.31. The molecule has 1 aromatic carbocycles. The minimum atomic E-state index is -3.72. The molecule has 1 aliphatic carbocycles. The number of sulfonamides is 1. The summed E-state index contributed by atoms with van der Waals surface area (Å²) in [6.07, 6.45) is 5.72. The van der Waals surface area contributed by atoms with Gasteiger partial charge in [-0.3, -0.25) is 9.69 Å². The van der Waals surface area contributed by atoms with E-state index >= 15 is 0 Å². The number of hydrogen-bond donors (Lipinski definition) is 0. The standard InChI is InChI=1S/C20H30FN3O3S/c1-16(20(25)22(2)18-8-4-3-5-9-18)23-11-13-24(14-12-23)28(26,27)19-10-6-7-17(21)15-19/h6-7,10,15-16,18H,3-5,8-9,11-14H2,1-2H3. The smallest absolute Gasteiger partial charge is 0.243 e. The van der Waals surface area contributed by atoms with Crippen LogP contribution in [0.2, 0.25) is 0 Å². The van der Waals surface area contributed by atoms with Gasteiger partial charge < -0.3 is 4.90 Å². The van der Waals surface area contributed by atoms with E-state index in [0.717, 1.165) is 18.9 Å². The number of halogens is 1. The first kappa shape index (κ1) is 21.2. The largest absolute Gasteiger partial charge is 0.341 e. The third-order valence-corrected chi connectivity index (χ3v) is 7.98. The van der Waals surface area contributed by atoms with Crippen LogP contribution in [0.15, 0.2) is 29.2 Å². The van der Waals surface area contributed by atoms with Gasteiger partial charge in [0, 0.05) is 39.3 Å². The molecule has 1 amide bonds. The predicted molar refractivity (Wildman–Crippen MR) is 106 cm³/mol. The molecule has 1 saturated carbocycles. The molecule has 2 fully saturated rings. The highest BCUT2D eigenvalue weighted by Gasteiger charge is 2.34. The van der Waals surface area contributed by atoms with Crippen LogP contribution in [0.1, 0.15) is 39.0 Å². The Hall–Kier alpha value is -1.51. The van der Waals surface area contributed by atoms with Gasteiger partial charge in [0.05, 0.1) is 10.9 Å². The Labute approximate surface area is 167 Å². The van der Waals surface area contributed by atoms with Crippen molar-refractivity contribution in [2.75, 3.05) is 33.2 Å². The van der Waals surface area contributed by atoms with Crippen molar-refractivity contribution >= 4 is 15.9 Å². The third kappa shape index (κ3) is 4.55. The number of carbonyl (C=O) groups is 1. The molecule has 156 valence electrons. The van der Waals surface area contributed by atoms with Crippen LogP contribution in [-0.4, -0.2) is 73.7 Å². The number of carbonyl (C=O) groups excluding carboxylic acids is 1. The van der Waals surface area contributed by atoms with Gasteiger partial charge in [-0.2, -0.15) is 4.31 Å². The third-order valence-electron chi connectivity index (χ3n) is 6.08. The maximum Gasteiger partial charge on any atom is 0.243 e. The average molecular weight is 412 g/mol. The summed E-state index contributed by atoms with van der Waals surface area (Å²) in [6, 6.07) is 5.14. The Morgan fingerprint density at radius 3 is 2.39 bits per heavy atom. The van der Waals surface area contributed by atoms with Crippen LogP contribution < -0.4 is 0 Å². The zero-order valence-electron chi connectivity index (χ0n) is 16.7. The first-order valence-corrected chi connectivity index (χ1v) is 11.5. The molecule has 2 aliphatic rings. The minimum absolute atomic E-state index is 0.0258. The summed E-state index contributed by atoms with van der Waals surface area (Å²) in [7, 11) is -1.83. The molecule has 1 heterocycles. The van der Waals surface area contributed by atoms with Gasteiger partial charge in [-0.1, -0.05) is 25.3 Å². The van der Waals surface area contributed by atoms with Crippen LogP contribution in [0.25, 0.3) is 0 Å². The van der Waals surface area contributed by atoms with Gasteiger partial charge in [-0.05, 0) is 38.0 Å². The monoisotopic (exact) mass is 411 g/mol. The normalized spacial score (nSPS) is 21.4. The Balaban J connectivity index is 1.59. The molecule has 0 bridgehead atoms. The quantitative estimate of drug-likeness (QED) is 0.746. The molecule has 1 aromatic rings. The zero-order valence-corrected chi connectivity index (χ0v) is 17.5. The van der Waals surface area contributed by atoms with Crippen molar-refractivity contribution in [3.63, 3.8) is 0 Å². The average Bonchev–Trinajstić information content (AvgIpc) is 2.73. The summed E-state index contributed by atoms with van der Waals surface area (Å²) in [5, 5.41) is 0. The molecule has 1 aliphatic heterocycles. The number of rotatable bonds is 5. The van der Waals surface area contributed by atoms with Crippen LogP contribution in [0.5, 0.6) is 0 Å². The zero-order chi connectivity index (χ0) is 20.3. The van der Waals surface area contributed by atoms with Crippen LogP contribution >= 0.6 is 0 Å². The van der Waals surface area contributed by atoms with Crippen LogP contribution in [0.4, 0.5) is 4.39 Å². The first-order chi connectivity index (χ1) is 13.3. The number of benzene rings is 1. The van der Waals surface area contributed by atoms with Crippen LogP contribution in [0.3, 0.4) is 0 Å². The second kappa shape index (κ2) is 8.88. The van der Waals surface area contributed by atoms with E-state index in [0.29, 0.717) is 32.2 Å². The molecule has 0 aromatic heterocycles.